The molecular weight excluding hydrogens is 152 g/mol. The maximum absolute atomic E-state index is 8.98. The second-order valence-corrected chi connectivity index (χ2v) is 4.75. The average Bonchev–Trinajstić information content (AvgIpc) is 2.08. The van der Waals surface area contributed by atoms with Crippen LogP contribution in [-0.4, -0.2) is 73.5 Å². The highest BCUT2D eigenvalue weighted by Crippen LogP contribution is 2.23. The predicted molar refractivity (Wildman–Crippen MR) is 47.6 cm³/mol. The van der Waals surface area contributed by atoms with E-state index >= 15 is 0 Å². The van der Waals surface area contributed by atoms with Gasteiger partial charge in [-0.3, -0.25) is 0 Å². The van der Waals surface area contributed by atoms with Crippen molar-refractivity contribution in [3.8, 4) is 0 Å². The lowest BCUT2D eigenvalue weighted by Gasteiger charge is -2.53. The summed E-state index contributed by atoms with van der Waals surface area (Å²) in [4.78, 5) is 0. The van der Waals surface area contributed by atoms with Crippen LogP contribution in [0, 0.1) is 0 Å². The molecular formula is C9H20N2O+2. The Morgan fingerprint density at radius 2 is 1.50 bits per heavy atom. The zero-order valence-corrected chi connectivity index (χ0v) is 8.00. The van der Waals surface area contributed by atoms with E-state index in [1.54, 1.807) is 0 Å². The summed E-state index contributed by atoms with van der Waals surface area (Å²) in [6, 6.07) is 0. The molecule has 0 atom stereocenters. The molecule has 3 aliphatic rings. The van der Waals surface area contributed by atoms with Gasteiger partial charge in [0.15, 0.2) is 0 Å². The van der Waals surface area contributed by atoms with Gasteiger partial charge >= 0.3 is 0 Å². The Kier molecular flexibility index (Phi) is 1.90. The van der Waals surface area contributed by atoms with Gasteiger partial charge in [-0.25, -0.2) is 0 Å². The molecule has 3 rings (SSSR count). The van der Waals surface area contributed by atoms with Crippen LogP contribution in [0.4, 0.5) is 0 Å². The molecule has 2 bridgehead atoms. The van der Waals surface area contributed by atoms with E-state index < -0.39 is 0 Å². The zero-order chi connectivity index (χ0) is 8.66. The molecule has 3 saturated heterocycles. The van der Waals surface area contributed by atoms with Crippen LogP contribution in [0.25, 0.3) is 0 Å². The first-order chi connectivity index (χ1) is 5.68. The van der Waals surface area contributed by atoms with Gasteiger partial charge in [0.05, 0.1) is 13.7 Å². The minimum absolute atomic E-state index is 0.365. The zero-order valence-electron chi connectivity index (χ0n) is 8.00. The summed E-state index contributed by atoms with van der Waals surface area (Å²) in [7, 11) is 2.37. The average molecular weight is 172 g/mol. The van der Waals surface area contributed by atoms with Gasteiger partial charge in [0.2, 0.25) is 0 Å². The quantitative estimate of drug-likeness (QED) is 0.545. The van der Waals surface area contributed by atoms with Gasteiger partial charge in [-0.2, -0.15) is 0 Å². The summed E-state index contributed by atoms with van der Waals surface area (Å²) in [6.07, 6.45) is 0. The van der Waals surface area contributed by atoms with Crippen molar-refractivity contribution in [2.24, 2.45) is 0 Å². The minimum Gasteiger partial charge on any atom is -0.391 e. The number of piperazine rings is 3. The molecule has 0 amide bonds. The number of quaternary nitrogens is 2. The van der Waals surface area contributed by atoms with Gasteiger partial charge in [-0.15, -0.1) is 0 Å². The number of nitrogens with zero attached hydrogens (tertiary/aromatic N) is 2. The van der Waals surface area contributed by atoms with Gasteiger partial charge in [0.1, 0.15) is 45.8 Å². The second-order valence-electron chi connectivity index (χ2n) is 4.75. The second kappa shape index (κ2) is 2.69. The third-order valence-electron chi connectivity index (χ3n) is 3.92. The Morgan fingerprint density at radius 3 is 1.92 bits per heavy atom. The maximum Gasteiger partial charge on any atom is 0.129 e. The molecule has 0 aromatic carbocycles. The normalized spacial score (nSPS) is 46.5. The van der Waals surface area contributed by atoms with E-state index in [4.69, 9.17) is 5.11 Å². The lowest BCUT2D eigenvalue weighted by atomic mass is 10.1. The molecule has 1 N–H and O–H groups in total. The van der Waals surface area contributed by atoms with Crippen molar-refractivity contribution in [2.75, 3.05) is 59.5 Å². The molecule has 70 valence electrons. The molecule has 3 fully saturated rings. The van der Waals surface area contributed by atoms with Crippen LogP contribution < -0.4 is 0 Å². The van der Waals surface area contributed by atoms with Crippen LogP contribution in [0.5, 0.6) is 0 Å². The van der Waals surface area contributed by atoms with E-state index in [9.17, 15) is 0 Å². The summed E-state index contributed by atoms with van der Waals surface area (Å²) < 4.78 is 2.48. The molecule has 0 saturated carbocycles. The minimum atomic E-state index is 0.365. The van der Waals surface area contributed by atoms with Crippen LogP contribution in [0.15, 0.2) is 0 Å². The molecule has 0 radical (unpaired) electrons. The van der Waals surface area contributed by atoms with Crippen LogP contribution in [0.1, 0.15) is 0 Å². The first-order valence-corrected chi connectivity index (χ1v) is 4.98. The lowest BCUT2D eigenvalue weighted by Crippen LogP contribution is -2.74. The molecule has 3 nitrogen and oxygen atoms in total. The Labute approximate surface area is 74.4 Å². The van der Waals surface area contributed by atoms with Crippen LogP contribution in [0.3, 0.4) is 0 Å². The van der Waals surface area contributed by atoms with Crippen LogP contribution >= 0.6 is 0 Å². The van der Waals surface area contributed by atoms with Gasteiger partial charge in [-0.05, 0) is 0 Å². The number of hydrogen-bond donors (Lipinski definition) is 1. The SMILES string of the molecule is C[N+]12CC[N+](CCO)(CC1)CC2. The fourth-order valence-corrected chi connectivity index (χ4v) is 2.58. The third kappa shape index (κ3) is 1.26. The number of aliphatic hydroxyl groups is 1. The molecule has 0 spiro atoms. The fourth-order valence-electron chi connectivity index (χ4n) is 2.58. The Bertz CT molecular complexity index is 157. The molecule has 0 aromatic rings. The molecule has 3 heteroatoms. The number of aliphatic hydroxyl groups excluding tert-OH is 1. The van der Waals surface area contributed by atoms with E-state index in [2.05, 4.69) is 7.05 Å². The van der Waals surface area contributed by atoms with Crippen LogP contribution in [0.2, 0.25) is 0 Å². The van der Waals surface area contributed by atoms with Crippen molar-refractivity contribution in [1.29, 1.82) is 0 Å². The van der Waals surface area contributed by atoms with Crippen molar-refractivity contribution in [2.45, 2.75) is 0 Å². The van der Waals surface area contributed by atoms with Crippen molar-refractivity contribution in [3.63, 3.8) is 0 Å². The number of fused-ring (bicyclic) bond motifs is 3. The summed E-state index contributed by atoms with van der Waals surface area (Å²) >= 11 is 0. The summed E-state index contributed by atoms with van der Waals surface area (Å²) in [5.41, 5.74) is 0. The molecule has 12 heavy (non-hydrogen) atoms. The van der Waals surface area contributed by atoms with Crippen LogP contribution in [-0.2, 0) is 0 Å². The molecule has 3 aliphatic heterocycles. The highest BCUT2D eigenvalue weighted by atomic mass is 16.3. The van der Waals surface area contributed by atoms with Crippen molar-refractivity contribution >= 4 is 0 Å². The maximum atomic E-state index is 8.98. The Hall–Kier alpha value is -0.120. The highest BCUT2D eigenvalue weighted by Gasteiger charge is 2.45. The van der Waals surface area contributed by atoms with Gasteiger partial charge in [0.25, 0.3) is 0 Å². The summed E-state index contributed by atoms with van der Waals surface area (Å²) in [5.74, 6) is 0. The van der Waals surface area contributed by atoms with Gasteiger partial charge in [0, 0.05) is 0 Å². The topological polar surface area (TPSA) is 20.2 Å². The fraction of sp³-hybridized carbons (Fsp3) is 1.00. The van der Waals surface area contributed by atoms with Gasteiger partial charge < -0.3 is 14.1 Å². The third-order valence-corrected chi connectivity index (χ3v) is 3.92. The number of hydrogen-bond acceptors (Lipinski definition) is 1. The van der Waals surface area contributed by atoms with Crippen molar-refractivity contribution in [1.82, 2.24) is 0 Å². The van der Waals surface area contributed by atoms with Crippen molar-refractivity contribution < 1.29 is 14.1 Å². The number of rotatable bonds is 2. The first kappa shape index (κ1) is 8.48. The Balaban J connectivity index is 2.04. The standard InChI is InChI=1S/C9H20N2O/c1-10-2-5-11(6-3-10,7-4-10)8-9-12/h12H,2-9H2,1H3/q+2. The van der Waals surface area contributed by atoms with E-state index in [1.165, 1.54) is 48.2 Å². The molecule has 0 unspecified atom stereocenters. The largest absolute Gasteiger partial charge is 0.391 e. The highest BCUT2D eigenvalue weighted by molar-refractivity contribution is 4.59. The molecule has 0 aliphatic carbocycles. The van der Waals surface area contributed by atoms with Gasteiger partial charge in [-0.1, -0.05) is 0 Å². The lowest BCUT2D eigenvalue weighted by molar-refractivity contribution is -1.07. The Morgan fingerprint density at radius 1 is 1.00 bits per heavy atom. The molecule has 3 heterocycles. The smallest absolute Gasteiger partial charge is 0.129 e. The number of likely N-dealkylation sites (N-methyl/N-ethyl adjacent to an activating group) is 1. The monoisotopic (exact) mass is 172 g/mol. The van der Waals surface area contributed by atoms with E-state index in [1.807, 2.05) is 0 Å². The van der Waals surface area contributed by atoms with E-state index in [-0.39, 0.29) is 0 Å². The molecule has 0 aromatic heterocycles. The summed E-state index contributed by atoms with van der Waals surface area (Å²) in [5, 5.41) is 8.98. The van der Waals surface area contributed by atoms with E-state index in [0.717, 1.165) is 6.54 Å². The first-order valence-electron chi connectivity index (χ1n) is 4.98. The predicted octanol–water partition coefficient (Wildman–Crippen LogP) is -0.731. The van der Waals surface area contributed by atoms with Crippen molar-refractivity contribution in [3.05, 3.63) is 0 Å². The summed E-state index contributed by atoms with van der Waals surface area (Å²) in [6.45, 7) is 9.18. The van der Waals surface area contributed by atoms with E-state index in [0.29, 0.717) is 6.61 Å².